The Bertz CT molecular complexity index is 1020. The number of nitrogens with one attached hydrogen (secondary N) is 2. The van der Waals surface area contributed by atoms with Crippen LogP contribution in [-0.4, -0.2) is 17.5 Å². The van der Waals surface area contributed by atoms with Crippen LogP contribution in [0.1, 0.15) is 43.2 Å². The normalized spacial score (nSPS) is 11.3. The van der Waals surface area contributed by atoms with Crippen LogP contribution < -0.4 is 10.7 Å². The minimum absolute atomic E-state index is 0.241. The molecule has 0 aliphatic rings. The zero-order valence-electron chi connectivity index (χ0n) is 15.2. The second kappa shape index (κ2) is 8.01. The van der Waals surface area contributed by atoms with E-state index < -0.39 is 0 Å². The van der Waals surface area contributed by atoms with E-state index >= 15 is 0 Å². The van der Waals surface area contributed by atoms with Crippen molar-refractivity contribution in [3.05, 3.63) is 75.4 Å². The average molecular weight is 381 g/mol. The Hall–Kier alpha value is -3.19. The van der Waals surface area contributed by atoms with Crippen LogP contribution in [-0.2, 0) is 0 Å². The highest BCUT2D eigenvalue weighted by atomic mass is 32.1. The van der Waals surface area contributed by atoms with Crippen LogP contribution in [0.25, 0.3) is 0 Å². The van der Waals surface area contributed by atoms with Gasteiger partial charge in [-0.3, -0.25) is 9.59 Å². The van der Waals surface area contributed by atoms with E-state index in [1.165, 1.54) is 17.6 Å². The number of hydrazone groups is 1. The van der Waals surface area contributed by atoms with Crippen molar-refractivity contribution in [1.29, 1.82) is 0 Å². The van der Waals surface area contributed by atoms with Gasteiger partial charge in [0.1, 0.15) is 5.76 Å². The SMILES string of the molecule is C/C(=N\NC(=O)c1ccc(C)s1)c1cccc(NC(=O)c2ccoc2C)c1. The molecular formula is C20H19N3O3S. The first-order valence-electron chi connectivity index (χ1n) is 8.31. The Balaban J connectivity index is 1.69. The molecule has 1 aromatic carbocycles. The largest absolute Gasteiger partial charge is 0.469 e. The summed E-state index contributed by atoms with van der Waals surface area (Å²) >= 11 is 1.42. The molecule has 0 spiro atoms. The molecule has 0 atom stereocenters. The predicted molar refractivity (Wildman–Crippen MR) is 107 cm³/mol. The molecule has 2 amide bonds. The molecule has 27 heavy (non-hydrogen) atoms. The van der Waals surface area contributed by atoms with Crippen molar-refractivity contribution in [2.45, 2.75) is 20.8 Å². The standard InChI is InChI=1S/C20H19N3O3S/c1-12-7-8-18(27-12)20(25)23-22-13(2)15-5-4-6-16(11-15)21-19(24)17-9-10-26-14(17)3/h4-11H,1-3H3,(H,21,24)(H,23,25)/b22-13+. The van der Waals surface area contributed by atoms with Crippen LogP contribution >= 0.6 is 11.3 Å². The number of carbonyl (C=O) groups excluding carboxylic acids is 2. The maximum atomic E-state index is 12.3. The molecule has 0 aliphatic heterocycles. The van der Waals surface area contributed by atoms with Gasteiger partial charge in [-0.05, 0) is 56.7 Å². The lowest BCUT2D eigenvalue weighted by atomic mass is 10.1. The predicted octanol–water partition coefficient (Wildman–Crippen LogP) is 4.36. The molecule has 0 radical (unpaired) electrons. The van der Waals surface area contributed by atoms with Gasteiger partial charge in [0.05, 0.1) is 22.4 Å². The minimum Gasteiger partial charge on any atom is -0.469 e. The Labute approximate surface area is 160 Å². The lowest BCUT2D eigenvalue weighted by Crippen LogP contribution is -2.18. The van der Waals surface area contributed by atoms with Crippen molar-refractivity contribution in [1.82, 2.24) is 5.43 Å². The Morgan fingerprint density at radius 1 is 1.07 bits per heavy atom. The van der Waals surface area contributed by atoms with Gasteiger partial charge in [0.2, 0.25) is 0 Å². The highest BCUT2D eigenvalue weighted by Gasteiger charge is 2.12. The van der Waals surface area contributed by atoms with Gasteiger partial charge in [-0.1, -0.05) is 12.1 Å². The number of hydrogen-bond acceptors (Lipinski definition) is 5. The second-order valence-corrected chi connectivity index (χ2v) is 7.26. The molecule has 0 bridgehead atoms. The highest BCUT2D eigenvalue weighted by Crippen LogP contribution is 2.16. The molecule has 2 aromatic heterocycles. The summed E-state index contributed by atoms with van der Waals surface area (Å²) in [6, 6.07) is 12.6. The van der Waals surface area contributed by atoms with Gasteiger partial charge < -0.3 is 9.73 Å². The van der Waals surface area contributed by atoms with Gasteiger partial charge >= 0.3 is 0 Å². The number of nitrogens with zero attached hydrogens (tertiary/aromatic N) is 1. The third-order valence-electron chi connectivity index (χ3n) is 3.93. The molecule has 138 valence electrons. The van der Waals surface area contributed by atoms with Crippen LogP contribution in [0.2, 0.25) is 0 Å². The zero-order chi connectivity index (χ0) is 19.4. The molecule has 0 unspecified atom stereocenters. The summed E-state index contributed by atoms with van der Waals surface area (Å²) in [6.45, 7) is 5.47. The zero-order valence-corrected chi connectivity index (χ0v) is 16.0. The number of amides is 2. The summed E-state index contributed by atoms with van der Waals surface area (Å²) in [5, 5.41) is 6.99. The topological polar surface area (TPSA) is 83.7 Å². The van der Waals surface area contributed by atoms with Crippen LogP contribution in [0.4, 0.5) is 5.69 Å². The molecule has 2 heterocycles. The number of thiophene rings is 1. The first-order chi connectivity index (χ1) is 12.9. The van der Waals surface area contributed by atoms with Gasteiger partial charge in [-0.15, -0.1) is 11.3 Å². The van der Waals surface area contributed by atoms with E-state index in [1.807, 2.05) is 25.1 Å². The summed E-state index contributed by atoms with van der Waals surface area (Å²) in [6.07, 6.45) is 1.48. The fourth-order valence-electron chi connectivity index (χ4n) is 2.45. The number of hydrogen-bond donors (Lipinski definition) is 2. The Kier molecular flexibility index (Phi) is 5.52. The van der Waals surface area contributed by atoms with Crippen molar-refractivity contribution in [3.63, 3.8) is 0 Å². The highest BCUT2D eigenvalue weighted by molar-refractivity contribution is 7.13. The first-order valence-corrected chi connectivity index (χ1v) is 9.12. The third-order valence-corrected chi connectivity index (χ3v) is 4.93. The van der Waals surface area contributed by atoms with Crippen LogP contribution in [0.15, 0.2) is 58.2 Å². The molecule has 3 rings (SSSR count). The van der Waals surface area contributed by atoms with Gasteiger partial charge in [-0.2, -0.15) is 5.10 Å². The van der Waals surface area contributed by atoms with E-state index in [0.717, 1.165) is 10.4 Å². The van der Waals surface area contributed by atoms with E-state index in [-0.39, 0.29) is 11.8 Å². The van der Waals surface area contributed by atoms with E-state index in [2.05, 4.69) is 15.8 Å². The quantitative estimate of drug-likeness (QED) is 0.509. The molecule has 0 fully saturated rings. The number of anilines is 1. The monoisotopic (exact) mass is 381 g/mol. The van der Waals surface area contributed by atoms with Crippen LogP contribution in [0.3, 0.4) is 0 Å². The molecule has 2 N–H and O–H groups in total. The minimum atomic E-state index is -0.243. The van der Waals surface area contributed by atoms with Gasteiger partial charge in [0, 0.05) is 10.6 Å². The van der Waals surface area contributed by atoms with E-state index in [1.54, 1.807) is 38.1 Å². The van der Waals surface area contributed by atoms with Crippen molar-refractivity contribution < 1.29 is 14.0 Å². The fraction of sp³-hybridized carbons (Fsp3) is 0.150. The van der Waals surface area contributed by atoms with E-state index in [9.17, 15) is 9.59 Å². The summed E-state index contributed by atoms with van der Waals surface area (Å²) in [5.74, 6) is 0.0784. The fourth-order valence-corrected chi connectivity index (χ4v) is 3.21. The molecule has 6 nitrogen and oxygen atoms in total. The lowest BCUT2D eigenvalue weighted by Gasteiger charge is -2.07. The van der Waals surface area contributed by atoms with E-state index in [0.29, 0.717) is 27.6 Å². The summed E-state index contributed by atoms with van der Waals surface area (Å²) in [4.78, 5) is 26.1. The van der Waals surface area contributed by atoms with E-state index in [4.69, 9.17) is 4.42 Å². The van der Waals surface area contributed by atoms with Crippen molar-refractivity contribution in [2.75, 3.05) is 5.32 Å². The Morgan fingerprint density at radius 3 is 2.56 bits per heavy atom. The number of benzene rings is 1. The third kappa shape index (κ3) is 4.51. The maximum absolute atomic E-state index is 12.3. The molecule has 3 aromatic rings. The number of furan rings is 1. The second-order valence-electron chi connectivity index (χ2n) is 5.97. The molecule has 7 heteroatoms. The summed E-state index contributed by atoms with van der Waals surface area (Å²) in [5.41, 5.74) is 5.11. The van der Waals surface area contributed by atoms with Crippen molar-refractivity contribution >= 4 is 34.6 Å². The summed E-state index contributed by atoms with van der Waals surface area (Å²) < 4.78 is 5.16. The summed E-state index contributed by atoms with van der Waals surface area (Å²) in [7, 11) is 0. The Morgan fingerprint density at radius 2 is 1.89 bits per heavy atom. The van der Waals surface area contributed by atoms with Crippen molar-refractivity contribution in [2.24, 2.45) is 5.10 Å². The molecule has 0 aliphatic carbocycles. The molecular weight excluding hydrogens is 362 g/mol. The smallest absolute Gasteiger partial charge is 0.281 e. The lowest BCUT2D eigenvalue weighted by molar-refractivity contribution is 0.0958. The average Bonchev–Trinajstić information content (AvgIpc) is 3.28. The first kappa shape index (κ1) is 18.6. The van der Waals surface area contributed by atoms with Gasteiger partial charge in [0.15, 0.2) is 0 Å². The van der Waals surface area contributed by atoms with Gasteiger partial charge in [-0.25, -0.2) is 5.43 Å². The molecule has 0 saturated heterocycles. The maximum Gasteiger partial charge on any atom is 0.281 e. The molecule has 0 saturated carbocycles. The number of rotatable bonds is 5. The van der Waals surface area contributed by atoms with Gasteiger partial charge in [0.25, 0.3) is 11.8 Å². The van der Waals surface area contributed by atoms with Crippen LogP contribution in [0.5, 0.6) is 0 Å². The van der Waals surface area contributed by atoms with Crippen molar-refractivity contribution in [3.8, 4) is 0 Å². The van der Waals surface area contributed by atoms with Crippen LogP contribution in [0, 0.1) is 13.8 Å². The number of carbonyl (C=O) groups is 2. The number of aryl methyl sites for hydroxylation is 2.